The van der Waals surface area contributed by atoms with E-state index in [2.05, 4.69) is 68.7 Å². The highest BCUT2D eigenvalue weighted by atomic mass is 79.9. The number of nitrogens with zero attached hydrogens (tertiary/aromatic N) is 1. The van der Waals surface area contributed by atoms with Gasteiger partial charge in [0.15, 0.2) is 11.5 Å². The number of rotatable bonds is 8. The maximum absolute atomic E-state index is 5.77. The molecule has 136 valence electrons. The van der Waals surface area contributed by atoms with Crippen LogP contribution in [-0.2, 0) is 6.54 Å². The van der Waals surface area contributed by atoms with E-state index in [9.17, 15) is 0 Å². The average molecular weight is 416 g/mol. The standard InChI is InChI=1S/C20H22BrN3O2/c1-3-8-26-20-18(21)9-14(10-19(20)25-2)11-22-17-6-4-15(5-7-17)16-12-23-24-13-16/h4-7,9-10,12-13,22H,3,8,11H2,1-2H3,(H,23,24). The summed E-state index contributed by atoms with van der Waals surface area (Å²) in [7, 11) is 1.66. The first-order valence-corrected chi connectivity index (χ1v) is 9.33. The van der Waals surface area contributed by atoms with E-state index in [-0.39, 0.29) is 0 Å². The van der Waals surface area contributed by atoms with Crippen LogP contribution in [-0.4, -0.2) is 23.9 Å². The van der Waals surface area contributed by atoms with Crippen molar-refractivity contribution in [1.82, 2.24) is 10.2 Å². The Bertz CT molecular complexity index is 833. The molecule has 26 heavy (non-hydrogen) atoms. The van der Waals surface area contributed by atoms with Gasteiger partial charge in [-0.25, -0.2) is 0 Å². The average Bonchev–Trinajstić information content (AvgIpc) is 3.20. The van der Waals surface area contributed by atoms with Crippen molar-refractivity contribution in [1.29, 1.82) is 0 Å². The van der Waals surface area contributed by atoms with Crippen molar-refractivity contribution in [2.75, 3.05) is 19.0 Å². The van der Waals surface area contributed by atoms with Gasteiger partial charge < -0.3 is 14.8 Å². The summed E-state index contributed by atoms with van der Waals surface area (Å²) < 4.78 is 12.2. The SMILES string of the molecule is CCCOc1c(Br)cc(CNc2ccc(-c3cn[nH]c3)cc2)cc1OC. The molecular formula is C20H22BrN3O2. The number of anilines is 1. The van der Waals surface area contributed by atoms with Crippen LogP contribution < -0.4 is 14.8 Å². The molecule has 2 N–H and O–H groups in total. The number of H-pyrrole nitrogens is 1. The molecule has 1 aromatic heterocycles. The monoisotopic (exact) mass is 415 g/mol. The number of aromatic amines is 1. The zero-order valence-electron chi connectivity index (χ0n) is 14.9. The molecule has 3 aromatic rings. The van der Waals surface area contributed by atoms with Crippen LogP contribution in [0.25, 0.3) is 11.1 Å². The molecule has 6 heteroatoms. The maximum Gasteiger partial charge on any atom is 0.175 e. The summed E-state index contributed by atoms with van der Waals surface area (Å²) in [5.41, 5.74) is 4.37. The van der Waals surface area contributed by atoms with Gasteiger partial charge in [-0.2, -0.15) is 5.10 Å². The molecule has 0 saturated carbocycles. The van der Waals surface area contributed by atoms with Crippen molar-refractivity contribution in [3.05, 3.63) is 58.8 Å². The van der Waals surface area contributed by atoms with Crippen LogP contribution in [0.5, 0.6) is 11.5 Å². The summed E-state index contributed by atoms with van der Waals surface area (Å²) in [5.74, 6) is 1.49. The molecule has 0 atom stereocenters. The molecule has 2 aromatic carbocycles. The molecule has 0 radical (unpaired) electrons. The second kappa shape index (κ2) is 8.76. The zero-order chi connectivity index (χ0) is 18.4. The highest BCUT2D eigenvalue weighted by Gasteiger charge is 2.11. The Morgan fingerprint density at radius 2 is 1.96 bits per heavy atom. The quantitative estimate of drug-likeness (QED) is 0.527. The van der Waals surface area contributed by atoms with Crippen molar-refractivity contribution in [2.45, 2.75) is 19.9 Å². The Morgan fingerprint density at radius 1 is 1.15 bits per heavy atom. The Hall–Kier alpha value is -2.47. The number of hydrogen-bond donors (Lipinski definition) is 2. The molecule has 5 nitrogen and oxygen atoms in total. The van der Waals surface area contributed by atoms with Gasteiger partial charge in [-0.15, -0.1) is 0 Å². The second-order valence-electron chi connectivity index (χ2n) is 5.88. The van der Waals surface area contributed by atoms with Crippen molar-refractivity contribution >= 4 is 21.6 Å². The van der Waals surface area contributed by atoms with Gasteiger partial charge in [-0.05, 0) is 57.7 Å². The molecule has 0 saturated heterocycles. The molecular weight excluding hydrogens is 394 g/mol. The molecule has 3 rings (SSSR count). The van der Waals surface area contributed by atoms with Crippen molar-refractivity contribution in [3.8, 4) is 22.6 Å². The first kappa shape index (κ1) is 18.3. The predicted octanol–water partition coefficient (Wildman–Crippen LogP) is 5.25. The van der Waals surface area contributed by atoms with E-state index in [1.54, 1.807) is 7.11 Å². The number of nitrogens with one attached hydrogen (secondary N) is 2. The van der Waals surface area contributed by atoms with E-state index in [1.807, 2.05) is 18.5 Å². The number of halogens is 1. The molecule has 0 spiro atoms. The molecule has 0 aliphatic carbocycles. The Kier molecular flexibility index (Phi) is 6.17. The summed E-state index contributed by atoms with van der Waals surface area (Å²) in [4.78, 5) is 0. The van der Waals surface area contributed by atoms with E-state index >= 15 is 0 Å². The number of methoxy groups -OCH3 is 1. The first-order chi connectivity index (χ1) is 12.7. The highest BCUT2D eigenvalue weighted by molar-refractivity contribution is 9.10. The third-order valence-corrected chi connectivity index (χ3v) is 4.54. The third-order valence-electron chi connectivity index (χ3n) is 3.95. The van der Waals surface area contributed by atoms with Crippen LogP contribution in [0.1, 0.15) is 18.9 Å². The lowest BCUT2D eigenvalue weighted by molar-refractivity contribution is 0.292. The normalized spacial score (nSPS) is 10.6. The van der Waals surface area contributed by atoms with Crippen LogP contribution in [0.3, 0.4) is 0 Å². The van der Waals surface area contributed by atoms with Gasteiger partial charge in [0.25, 0.3) is 0 Å². The minimum Gasteiger partial charge on any atom is -0.493 e. The van der Waals surface area contributed by atoms with Gasteiger partial charge in [0.05, 0.1) is 24.4 Å². The van der Waals surface area contributed by atoms with Crippen LogP contribution in [0.2, 0.25) is 0 Å². The van der Waals surface area contributed by atoms with Gasteiger partial charge >= 0.3 is 0 Å². The number of aromatic nitrogens is 2. The van der Waals surface area contributed by atoms with E-state index < -0.39 is 0 Å². The summed E-state index contributed by atoms with van der Waals surface area (Å²) in [6.45, 7) is 3.43. The Morgan fingerprint density at radius 3 is 2.62 bits per heavy atom. The van der Waals surface area contributed by atoms with Crippen LogP contribution in [0.4, 0.5) is 5.69 Å². The smallest absolute Gasteiger partial charge is 0.175 e. The van der Waals surface area contributed by atoms with Gasteiger partial charge in [0, 0.05) is 24.0 Å². The maximum atomic E-state index is 5.77. The lowest BCUT2D eigenvalue weighted by Crippen LogP contribution is -2.03. The molecule has 0 aliphatic heterocycles. The molecule has 0 unspecified atom stereocenters. The first-order valence-electron chi connectivity index (χ1n) is 8.53. The fourth-order valence-corrected chi connectivity index (χ4v) is 3.22. The Balaban J connectivity index is 1.68. The lowest BCUT2D eigenvalue weighted by Gasteiger charge is -2.15. The lowest BCUT2D eigenvalue weighted by atomic mass is 10.1. The van der Waals surface area contributed by atoms with Crippen LogP contribution in [0, 0.1) is 0 Å². The summed E-state index contributed by atoms with van der Waals surface area (Å²) in [6.07, 6.45) is 4.65. The van der Waals surface area contributed by atoms with E-state index in [1.165, 1.54) is 0 Å². The van der Waals surface area contributed by atoms with Crippen molar-refractivity contribution in [3.63, 3.8) is 0 Å². The summed E-state index contributed by atoms with van der Waals surface area (Å²) in [6, 6.07) is 12.3. The highest BCUT2D eigenvalue weighted by Crippen LogP contribution is 2.37. The van der Waals surface area contributed by atoms with Crippen LogP contribution >= 0.6 is 15.9 Å². The number of ether oxygens (including phenoxy) is 2. The number of hydrogen-bond acceptors (Lipinski definition) is 4. The fraction of sp³-hybridized carbons (Fsp3) is 0.250. The number of benzene rings is 2. The zero-order valence-corrected chi connectivity index (χ0v) is 16.5. The molecule has 0 aliphatic rings. The second-order valence-corrected chi connectivity index (χ2v) is 6.73. The Labute approximate surface area is 161 Å². The largest absolute Gasteiger partial charge is 0.493 e. The van der Waals surface area contributed by atoms with Crippen LogP contribution in [0.15, 0.2) is 53.3 Å². The van der Waals surface area contributed by atoms with Crippen molar-refractivity contribution < 1.29 is 9.47 Å². The van der Waals surface area contributed by atoms with E-state index in [0.717, 1.165) is 44.8 Å². The minimum atomic E-state index is 0.662. The van der Waals surface area contributed by atoms with Gasteiger partial charge in [-0.3, -0.25) is 5.10 Å². The van der Waals surface area contributed by atoms with Crippen molar-refractivity contribution in [2.24, 2.45) is 0 Å². The van der Waals surface area contributed by atoms with E-state index in [0.29, 0.717) is 13.2 Å². The predicted molar refractivity (Wildman–Crippen MR) is 108 cm³/mol. The summed E-state index contributed by atoms with van der Waals surface area (Å²) in [5, 5.41) is 10.2. The van der Waals surface area contributed by atoms with Gasteiger partial charge in [0.1, 0.15) is 0 Å². The van der Waals surface area contributed by atoms with E-state index in [4.69, 9.17) is 9.47 Å². The molecule has 1 heterocycles. The fourth-order valence-electron chi connectivity index (χ4n) is 2.61. The topological polar surface area (TPSA) is 59.2 Å². The van der Waals surface area contributed by atoms with Gasteiger partial charge in [0.2, 0.25) is 0 Å². The minimum absolute atomic E-state index is 0.662. The molecule has 0 fully saturated rings. The summed E-state index contributed by atoms with van der Waals surface area (Å²) >= 11 is 3.59. The molecule has 0 bridgehead atoms. The van der Waals surface area contributed by atoms with Gasteiger partial charge in [-0.1, -0.05) is 19.1 Å². The molecule has 0 amide bonds. The third kappa shape index (κ3) is 4.38.